The molecule has 0 aromatic heterocycles. The number of esters is 1. The van der Waals surface area contributed by atoms with E-state index in [4.69, 9.17) is 14.6 Å². The van der Waals surface area contributed by atoms with Crippen molar-refractivity contribution >= 4 is 23.8 Å². The highest BCUT2D eigenvalue weighted by Crippen LogP contribution is 2.62. The minimum absolute atomic E-state index is 0.0119. The van der Waals surface area contributed by atoms with E-state index < -0.39 is 47.5 Å². The van der Waals surface area contributed by atoms with Gasteiger partial charge >= 0.3 is 17.9 Å². The number of amides is 1. The van der Waals surface area contributed by atoms with Gasteiger partial charge in [0, 0.05) is 43.1 Å². The molecule has 0 radical (unpaired) electrons. The van der Waals surface area contributed by atoms with Crippen LogP contribution in [0.2, 0.25) is 0 Å². The minimum atomic E-state index is -1.28. The van der Waals surface area contributed by atoms with Gasteiger partial charge in [-0.05, 0) is 37.2 Å². The monoisotopic (exact) mass is 529 g/mol. The van der Waals surface area contributed by atoms with Crippen molar-refractivity contribution in [1.29, 1.82) is 0 Å². The molecule has 0 aromatic rings. The minimum Gasteiger partial charge on any atom is -0.481 e. The summed E-state index contributed by atoms with van der Waals surface area (Å²) < 4.78 is 12.0. The molecule has 9 nitrogen and oxygen atoms in total. The van der Waals surface area contributed by atoms with Crippen molar-refractivity contribution < 1.29 is 38.9 Å². The van der Waals surface area contributed by atoms with Crippen LogP contribution in [0.3, 0.4) is 0 Å². The van der Waals surface area contributed by atoms with Crippen molar-refractivity contribution in [3.63, 3.8) is 0 Å². The molecule has 3 aliphatic rings. The molecular weight excluding hydrogens is 490 g/mol. The quantitative estimate of drug-likeness (QED) is 0.248. The number of allylic oxidation sites excluding steroid dienone is 5. The van der Waals surface area contributed by atoms with Gasteiger partial charge in [0.15, 0.2) is 0 Å². The predicted octanol–water partition coefficient (Wildman–Crippen LogP) is 3.90. The van der Waals surface area contributed by atoms with Gasteiger partial charge in [-0.1, -0.05) is 57.6 Å². The highest BCUT2D eigenvalue weighted by molar-refractivity contribution is 6.01. The predicted molar refractivity (Wildman–Crippen MR) is 140 cm³/mol. The van der Waals surface area contributed by atoms with Crippen LogP contribution in [0.5, 0.6) is 0 Å². The molecule has 0 aromatic carbocycles. The van der Waals surface area contributed by atoms with Crippen molar-refractivity contribution in [2.24, 2.45) is 16.7 Å². The molecule has 0 unspecified atom stereocenters. The third-order valence-corrected chi connectivity index (χ3v) is 8.28. The zero-order valence-electron chi connectivity index (χ0n) is 22.8. The average Bonchev–Trinajstić information content (AvgIpc) is 3.15. The van der Waals surface area contributed by atoms with Gasteiger partial charge in [-0.15, -0.1) is 0 Å². The van der Waals surface area contributed by atoms with Gasteiger partial charge in [-0.25, -0.2) is 9.59 Å². The average molecular weight is 530 g/mol. The molecule has 2 N–H and O–H groups in total. The molecule has 1 heterocycles. The lowest BCUT2D eigenvalue weighted by Crippen LogP contribution is -2.58. The SMILES string of the molecule is C/C=C/C=C/C=C/C(=O)O[C@@H]1[C@@H](OC)C2=C(C(=O)N([C@H](CCC(=O)O)C(=O)O)C2)[C@@]2(C)CCCC(C)(C)[C@H]12. The van der Waals surface area contributed by atoms with E-state index >= 15 is 0 Å². The number of carbonyl (C=O) groups is 4. The fourth-order valence-corrected chi connectivity index (χ4v) is 6.88. The number of hydrogen-bond donors (Lipinski definition) is 2. The number of nitrogens with zero attached hydrogens (tertiary/aromatic N) is 1. The number of rotatable bonds is 10. The van der Waals surface area contributed by atoms with Gasteiger partial charge in [0.2, 0.25) is 0 Å². The van der Waals surface area contributed by atoms with E-state index in [1.807, 2.05) is 26.0 Å². The maximum Gasteiger partial charge on any atom is 0.331 e. The summed E-state index contributed by atoms with van der Waals surface area (Å²) in [7, 11) is 1.50. The van der Waals surface area contributed by atoms with E-state index in [1.165, 1.54) is 18.1 Å². The summed E-state index contributed by atoms with van der Waals surface area (Å²) in [5.41, 5.74) is 0.173. The number of methoxy groups -OCH3 is 1. The van der Waals surface area contributed by atoms with Crippen LogP contribution in [0.25, 0.3) is 0 Å². The van der Waals surface area contributed by atoms with Gasteiger partial charge in [-0.2, -0.15) is 0 Å². The van der Waals surface area contributed by atoms with Crippen molar-refractivity contribution in [1.82, 2.24) is 4.90 Å². The maximum absolute atomic E-state index is 13.9. The molecule has 1 fully saturated rings. The number of ether oxygens (including phenoxy) is 2. The Morgan fingerprint density at radius 1 is 1.11 bits per heavy atom. The van der Waals surface area contributed by atoms with Gasteiger partial charge in [0.1, 0.15) is 18.2 Å². The summed E-state index contributed by atoms with van der Waals surface area (Å²) in [6, 6.07) is -1.28. The smallest absolute Gasteiger partial charge is 0.331 e. The Labute approximate surface area is 223 Å². The van der Waals surface area contributed by atoms with E-state index in [2.05, 4.69) is 13.8 Å². The van der Waals surface area contributed by atoms with E-state index in [0.29, 0.717) is 17.6 Å². The first-order valence-electron chi connectivity index (χ1n) is 13.1. The van der Waals surface area contributed by atoms with Crippen LogP contribution >= 0.6 is 0 Å². The van der Waals surface area contributed by atoms with Crippen LogP contribution in [0.15, 0.2) is 47.6 Å². The Kier molecular flexibility index (Phi) is 9.02. The summed E-state index contributed by atoms with van der Waals surface area (Å²) >= 11 is 0. The maximum atomic E-state index is 13.9. The summed E-state index contributed by atoms with van der Waals surface area (Å²) in [4.78, 5) is 51.3. The van der Waals surface area contributed by atoms with Crippen LogP contribution in [0.1, 0.15) is 59.8 Å². The summed E-state index contributed by atoms with van der Waals surface area (Å²) in [6.45, 7) is 8.09. The zero-order chi connectivity index (χ0) is 28.3. The van der Waals surface area contributed by atoms with Gasteiger partial charge < -0.3 is 24.6 Å². The lowest BCUT2D eigenvalue weighted by Gasteiger charge is -2.57. The Morgan fingerprint density at radius 3 is 2.39 bits per heavy atom. The molecule has 1 aliphatic heterocycles. The van der Waals surface area contributed by atoms with Gasteiger partial charge in [-0.3, -0.25) is 9.59 Å². The first-order valence-corrected chi connectivity index (χ1v) is 13.1. The summed E-state index contributed by atoms with van der Waals surface area (Å²) in [5, 5.41) is 19.0. The molecule has 1 amide bonds. The van der Waals surface area contributed by atoms with Crippen LogP contribution in [-0.2, 0) is 28.7 Å². The van der Waals surface area contributed by atoms with Gasteiger partial charge in [0.05, 0.1) is 0 Å². The lowest BCUT2D eigenvalue weighted by molar-refractivity contribution is -0.173. The zero-order valence-corrected chi connectivity index (χ0v) is 22.8. The Morgan fingerprint density at radius 2 is 1.79 bits per heavy atom. The number of carboxylic acid groups (broad SMARTS) is 2. The molecule has 208 valence electrons. The standard InChI is InChI=1S/C29H39NO8/c1-6-7-8-9-10-12-21(33)38-24-23(37-5)18-17-30(19(27(35)36)13-14-20(31)32)26(34)22(18)29(4)16-11-15-28(2,3)25(24)29/h6-10,12,19,23-25H,11,13-17H2,1-5H3,(H,31,32)(H,35,36)/b7-6+,9-8+,12-10+/t19-,23+,24-,25+,29-/m1/s1. The second-order valence-electron chi connectivity index (χ2n) is 11.2. The molecule has 5 atom stereocenters. The molecule has 9 heteroatoms. The number of carbonyl (C=O) groups excluding carboxylic acids is 2. The van der Waals surface area contributed by atoms with Gasteiger partial charge in [0.25, 0.3) is 5.91 Å². The molecule has 2 aliphatic carbocycles. The molecule has 0 saturated heterocycles. The summed E-state index contributed by atoms with van der Waals surface area (Å²) in [6.07, 6.45) is 10.6. The number of carboxylic acids is 2. The molecule has 1 saturated carbocycles. The van der Waals surface area contributed by atoms with Crippen molar-refractivity contribution in [2.75, 3.05) is 13.7 Å². The summed E-state index contributed by atoms with van der Waals surface area (Å²) in [5.74, 6) is -3.56. The highest BCUT2D eigenvalue weighted by atomic mass is 16.6. The topological polar surface area (TPSA) is 130 Å². The van der Waals surface area contributed by atoms with Crippen LogP contribution in [0.4, 0.5) is 0 Å². The molecule has 3 rings (SSSR count). The fourth-order valence-electron chi connectivity index (χ4n) is 6.88. The normalized spacial score (nSPS) is 29.7. The lowest BCUT2D eigenvalue weighted by atomic mass is 9.49. The Bertz CT molecular complexity index is 1080. The van der Waals surface area contributed by atoms with E-state index in [0.717, 1.165) is 12.8 Å². The Balaban J connectivity index is 2.03. The van der Waals surface area contributed by atoms with E-state index in [9.17, 15) is 24.3 Å². The van der Waals surface area contributed by atoms with Crippen LogP contribution in [0, 0.1) is 16.7 Å². The second-order valence-corrected chi connectivity index (χ2v) is 11.2. The van der Waals surface area contributed by atoms with E-state index in [1.54, 1.807) is 18.2 Å². The first kappa shape index (κ1) is 29.4. The van der Waals surface area contributed by atoms with Crippen LogP contribution in [-0.4, -0.2) is 70.8 Å². The molecular formula is C29H39NO8. The fraction of sp³-hybridized carbons (Fsp3) is 0.586. The van der Waals surface area contributed by atoms with Crippen molar-refractivity contribution in [2.45, 2.75) is 78.0 Å². The van der Waals surface area contributed by atoms with E-state index in [-0.39, 0.29) is 30.7 Å². The molecule has 0 bridgehead atoms. The van der Waals surface area contributed by atoms with Crippen LogP contribution < -0.4 is 0 Å². The number of fused-ring (bicyclic) bond motifs is 2. The third kappa shape index (κ3) is 5.62. The largest absolute Gasteiger partial charge is 0.481 e. The second kappa shape index (κ2) is 11.7. The third-order valence-electron chi connectivity index (χ3n) is 8.28. The molecule has 0 spiro atoms. The first-order chi connectivity index (χ1) is 17.9. The Hall–Kier alpha value is -3.20. The highest BCUT2D eigenvalue weighted by Gasteiger charge is 2.63. The van der Waals surface area contributed by atoms with Crippen molar-refractivity contribution in [3.05, 3.63) is 47.6 Å². The number of aliphatic carboxylic acids is 2. The number of hydrogen-bond acceptors (Lipinski definition) is 6. The van der Waals surface area contributed by atoms with Crippen molar-refractivity contribution in [3.8, 4) is 0 Å². The molecule has 38 heavy (non-hydrogen) atoms.